The SMILES string of the molecule is CC(C)NC1CCCN(c2cccc(C(C)C)c2)C1=O. The molecule has 0 radical (unpaired) electrons. The van der Waals surface area contributed by atoms with Crippen LogP contribution in [-0.4, -0.2) is 24.5 Å². The van der Waals surface area contributed by atoms with E-state index in [1.807, 2.05) is 11.0 Å². The molecule has 3 heteroatoms. The third-order valence-corrected chi connectivity index (χ3v) is 3.82. The quantitative estimate of drug-likeness (QED) is 0.913. The number of hydrogen-bond acceptors (Lipinski definition) is 2. The van der Waals surface area contributed by atoms with E-state index < -0.39 is 0 Å². The number of piperidine rings is 1. The molecule has 1 atom stereocenters. The normalized spacial score (nSPS) is 20.0. The predicted molar refractivity (Wildman–Crippen MR) is 84.2 cm³/mol. The van der Waals surface area contributed by atoms with Crippen LogP contribution in [0.25, 0.3) is 0 Å². The van der Waals surface area contributed by atoms with Gasteiger partial charge in [-0.3, -0.25) is 4.79 Å². The van der Waals surface area contributed by atoms with Crippen molar-refractivity contribution in [3.63, 3.8) is 0 Å². The smallest absolute Gasteiger partial charge is 0.244 e. The summed E-state index contributed by atoms with van der Waals surface area (Å²) < 4.78 is 0. The van der Waals surface area contributed by atoms with Crippen molar-refractivity contribution in [2.75, 3.05) is 11.4 Å². The average Bonchev–Trinajstić information content (AvgIpc) is 2.41. The highest BCUT2D eigenvalue weighted by molar-refractivity contribution is 5.98. The van der Waals surface area contributed by atoms with Gasteiger partial charge < -0.3 is 10.2 Å². The Balaban J connectivity index is 2.19. The van der Waals surface area contributed by atoms with E-state index in [0.29, 0.717) is 12.0 Å². The molecule has 1 unspecified atom stereocenters. The highest BCUT2D eigenvalue weighted by Gasteiger charge is 2.29. The lowest BCUT2D eigenvalue weighted by atomic mass is 10.00. The van der Waals surface area contributed by atoms with Crippen molar-refractivity contribution in [2.45, 2.75) is 58.5 Å². The number of carbonyl (C=O) groups excluding carboxylic acids is 1. The molecule has 1 aliphatic heterocycles. The fourth-order valence-corrected chi connectivity index (χ4v) is 2.74. The van der Waals surface area contributed by atoms with Crippen LogP contribution in [0, 0.1) is 0 Å². The van der Waals surface area contributed by atoms with E-state index in [4.69, 9.17) is 0 Å². The maximum absolute atomic E-state index is 12.6. The zero-order valence-corrected chi connectivity index (χ0v) is 13.0. The summed E-state index contributed by atoms with van der Waals surface area (Å²) in [5.41, 5.74) is 2.32. The maximum atomic E-state index is 12.6. The molecule has 3 nitrogen and oxygen atoms in total. The number of nitrogens with zero attached hydrogens (tertiary/aromatic N) is 1. The second kappa shape index (κ2) is 6.40. The van der Waals surface area contributed by atoms with Gasteiger partial charge in [0.1, 0.15) is 0 Å². The minimum atomic E-state index is -0.0357. The van der Waals surface area contributed by atoms with Crippen molar-refractivity contribution in [1.82, 2.24) is 5.32 Å². The van der Waals surface area contributed by atoms with Gasteiger partial charge in [-0.05, 0) is 36.5 Å². The summed E-state index contributed by atoms with van der Waals surface area (Å²) in [6.07, 6.45) is 2.00. The first-order valence-corrected chi connectivity index (χ1v) is 7.66. The van der Waals surface area contributed by atoms with E-state index >= 15 is 0 Å². The number of nitrogens with one attached hydrogen (secondary N) is 1. The molecule has 110 valence electrons. The molecule has 1 aromatic carbocycles. The molecule has 0 bridgehead atoms. The van der Waals surface area contributed by atoms with E-state index in [-0.39, 0.29) is 11.9 Å². The Kier molecular flexibility index (Phi) is 4.81. The Morgan fingerprint density at radius 2 is 2.00 bits per heavy atom. The molecule has 0 aliphatic carbocycles. The Hall–Kier alpha value is -1.35. The monoisotopic (exact) mass is 274 g/mol. The molecule has 1 aliphatic rings. The summed E-state index contributed by atoms with van der Waals surface area (Å²) >= 11 is 0. The van der Waals surface area contributed by atoms with Crippen molar-refractivity contribution in [3.05, 3.63) is 29.8 Å². The molecule has 1 N–H and O–H groups in total. The van der Waals surface area contributed by atoms with Gasteiger partial charge in [0, 0.05) is 18.3 Å². The summed E-state index contributed by atoms with van der Waals surface area (Å²) in [5.74, 6) is 0.699. The van der Waals surface area contributed by atoms with Crippen molar-refractivity contribution in [1.29, 1.82) is 0 Å². The van der Waals surface area contributed by atoms with Crippen LogP contribution in [0.4, 0.5) is 5.69 Å². The number of carbonyl (C=O) groups is 1. The highest BCUT2D eigenvalue weighted by atomic mass is 16.2. The molecule has 2 rings (SSSR count). The average molecular weight is 274 g/mol. The number of hydrogen-bond donors (Lipinski definition) is 1. The van der Waals surface area contributed by atoms with Gasteiger partial charge in [0.05, 0.1) is 6.04 Å². The van der Waals surface area contributed by atoms with Crippen LogP contribution in [-0.2, 0) is 4.79 Å². The van der Waals surface area contributed by atoms with Crippen LogP contribution >= 0.6 is 0 Å². The second-order valence-electron chi connectivity index (χ2n) is 6.26. The third kappa shape index (κ3) is 3.40. The van der Waals surface area contributed by atoms with Crippen molar-refractivity contribution in [2.24, 2.45) is 0 Å². The number of rotatable bonds is 4. The molecule has 1 heterocycles. The number of benzene rings is 1. The van der Waals surface area contributed by atoms with Gasteiger partial charge >= 0.3 is 0 Å². The van der Waals surface area contributed by atoms with Crippen molar-refractivity contribution < 1.29 is 4.79 Å². The lowest BCUT2D eigenvalue weighted by molar-refractivity contribution is -0.121. The Morgan fingerprint density at radius 1 is 1.25 bits per heavy atom. The first-order chi connectivity index (χ1) is 9.49. The van der Waals surface area contributed by atoms with E-state index in [0.717, 1.165) is 25.1 Å². The fraction of sp³-hybridized carbons (Fsp3) is 0.588. The molecule has 1 saturated heterocycles. The van der Waals surface area contributed by atoms with Crippen LogP contribution < -0.4 is 10.2 Å². The van der Waals surface area contributed by atoms with Gasteiger partial charge in [0.15, 0.2) is 0 Å². The molecule has 0 spiro atoms. The van der Waals surface area contributed by atoms with Crippen LogP contribution in [0.1, 0.15) is 52.0 Å². The topological polar surface area (TPSA) is 32.3 Å². The Labute approximate surface area is 122 Å². The highest BCUT2D eigenvalue weighted by Crippen LogP contribution is 2.25. The predicted octanol–water partition coefficient (Wildman–Crippen LogP) is 3.30. The standard InChI is InChI=1S/C17H26N2O/c1-12(2)14-7-5-8-15(11-14)19-10-6-9-16(17(19)20)18-13(3)4/h5,7-8,11-13,16,18H,6,9-10H2,1-4H3. The van der Waals surface area contributed by atoms with Crippen LogP contribution in [0.5, 0.6) is 0 Å². The molecule has 0 aromatic heterocycles. The molecular formula is C17H26N2O. The lowest BCUT2D eigenvalue weighted by Gasteiger charge is -2.34. The second-order valence-corrected chi connectivity index (χ2v) is 6.26. The number of anilines is 1. The molecular weight excluding hydrogens is 248 g/mol. The van der Waals surface area contributed by atoms with E-state index in [1.165, 1.54) is 5.56 Å². The summed E-state index contributed by atoms with van der Waals surface area (Å²) in [7, 11) is 0. The van der Waals surface area contributed by atoms with Gasteiger partial charge in [-0.25, -0.2) is 0 Å². The molecule has 0 saturated carbocycles. The van der Waals surface area contributed by atoms with Crippen LogP contribution in [0.15, 0.2) is 24.3 Å². The molecule has 20 heavy (non-hydrogen) atoms. The summed E-state index contributed by atoms with van der Waals surface area (Å²) in [6.45, 7) is 9.37. The van der Waals surface area contributed by atoms with Crippen molar-refractivity contribution >= 4 is 11.6 Å². The summed E-state index contributed by atoms with van der Waals surface area (Å²) in [6, 6.07) is 8.68. The lowest BCUT2D eigenvalue weighted by Crippen LogP contribution is -2.52. The molecule has 1 fully saturated rings. The number of amides is 1. The van der Waals surface area contributed by atoms with E-state index in [2.05, 4.69) is 51.2 Å². The van der Waals surface area contributed by atoms with Crippen LogP contribution in [0.3, 0.4) is 0 Å². The molecule has 1 aromatic rings. The van der Waals surface area contributed by atoms with Gasteiger partial charge in [-0.1, -0.05) is 39.8 Å². The van der Waals surface area contributed by atoms with Crippen LogP contribution in [0.2, 0.25) is 0 Å². The third-order valence-electron chi connectivity index (χ3n) is 3.82. The minimum absolute atomic E-state index is 0.0357. The van der Waals surface area contributed by atoms with E-state index in [9.17, 15) is 4.79 Å². The fourth-order valence-electron chi connectivity index (χ4n) is 2.74. The maximum Gasteiger partial charge on any atom is 0.244 e. The summed E-state index contributed by atoms with van der Waals surface area (Å²) in [5, 5.41) is 3.38. The van der Waals surface area contributed by atoms with Crippen molar-refractivity contribution in [3.8, 4) is 0 Å². The van der Waals surface area contributed by atoms with E-state index in [1.54, 1.807) is 0 Å². The first kappa shape index (κ1) is 15.0. The first-order valence-electron chi connectivity index (χ1n) is 7.66. The zero-order chi connectivity index (χ0) is 14.7. The largest absolute Gasteiger partial charge is 0.311 e. The zero-order valence-electron chi connectivity index (χ0n) is 13.0. The van der Waals surface area contributed by atoms with Gasteiger partial charge in [-0.15, -0.1) is 0 Å². The van der Waals surface area contributed by atoms with Gasteiger partial charge in [0.25, 0.3) is 0 Å². The minimum Gasteiger partial charge on any atom is -0.311 e. The summed E-state index contributed by atoms with van der Waals surface area (Å²) in [4.78, 5) is 14.5. The molecule has 1 amide bonds. The van der Waals surface area contributed by atoms with Gasteiger partial charge in [-0.2, -0.15) is 0 Å². The Morgan fingerprint density at radius 3 is 2.65 bits per heavy atom. The Bertz CT molecular complexity index is 468. The van der Waals surface area contributed by atoms with Gasteiger partial charge in [0.2, 0.25) is 5.91 Å².